The quantitative estimate of drug-likeness (QED) is 0.907. The monoisotopic (exact) mass is 340 g/mol. The first-order chi connectivity index (χ1) is 11.6. The van der Waals surface area contributed by atoms with Gasteiger partial charge in [-0.3, -0.25) is 14.6 Å². The zero-order valence-corrected chi connectivity index (χ0v) is 13.5. The number of hydrogen-bond donors (Lipinski definition) is 1. The van der Waals surface area contributed by atoms with Gasteiger partial charge in [-0.05, 0) is 18.9 Å². The van der Waals surface area contributed by atoms with E-state index in [9.17, 15) is 18.7 Å². The molecule has 0 amide bonds. The standard InChI is InChI=1S/C17H22F2N2O3/c18-14-3-1-2-13(15(14)19)16(17(22)23)21-6-4-12(5-7-21)20-8-10-24-11-9-20/h1-3,12,16H,4-11H2,(H,22,23)/t16-/m1/s1. The summed E-state index contributed by atoms with van der Waals surface area (Å²) in [5.41, 5.74) is -0.104. The summed E-state index contributed by atoms with van der Waals surface area (Å²) < 4.78 is 32.9. The van der Waals surface area contributed by atoms with Crippen molar-refractivity contribution in [3.05, 3.63) is 35.4 Å². The van der Waals surface area contributed by atoms with Gasteiger partial charge in [0.25, 0.3) is 0 Å². The lowest BCUT2D eigenvalue weighted by Gasteiger charge is -2.41. The summed E-state index contributed by atoms with van der Waals surface area (Å²) in [5.74, 6) is -3.23. The molecule has 1 aromatic rings. The molecule has 2 aliphatic heterocycles. The van der Waals surface area contributed by atoms with Crippen LogP contribution in [0.4, 0.5) is 8.78 Å². The van der Waals surface area contributed by atoms with Crippen molar-refractivity contribution < 1.29 is 23.4 Å². The van der Waals surface area contributed by atoms with Gasteiger partial charge in [-0.15, -0.1) is 0 Å². The van der Waals surface area contributed by atoms with Crippen LogP contribution in [0.5, 0.6) is 0 Å². The van der Waals surface area contributed by atoms with E-state index in [1.807, 2.05) is 0 Å². The van der Waals surface area contributed by atoms with Gasteiger partial charge in [-0.25, -0.2) is 8.78 Å². The van der Waals surface area contributed by atoms with E-state index >= 15 is 0 Å². The maximum Gasteiger partial charge on any atom is 0.325 e. The van der Waals surface area contributed by atoms with Crippen LogP contribution in [0, 0.1) is 11.6 Å². The fourth-order valence-electron chi connectivity index (χ4n) is 3.67. The highest BCUT2D eigenvalue weighted by Crippen LogP contribution is 2.29. The minimum absolute atomic E-state index is 0.104. The number of carboxylic acid groups (broad SMARTS) is 1. The number of hydrogen-bond acceptors (Lipinski definition) is 4. The third-order valence-corrected chi connectivity index (χ3v) is 4.94. The molecular formula is C17H22F2N2O3. The molecule has 2 heterocycles. The Kier molecular flexibility index (Phi) is 5.43. The van der Waals surface area contributed by atoms with Crippen molar-refractivity contribution in [2.45, 2.75) is 24.9 Å². The molecule has 2 saturated heterocycles. The summed E-state index contributed by atoms with van der Waals surface area (Å²) >= 11 is 0. The van der Waals surface area contributed by atoms with Crippen LogP contribution in [0.1, 0.15) is 24.4 Å². The van der Waals surface area contributed by atoms with Crippen molar-refractivity contribution in [1.29, 1.82) is 0 Å². The molecule has 0 spiro atoms. The largest absolute Gasteiger partial charge is 0.480 e. The Morgan fingerprint density at radius 2 is 1.83 bits per heavy atom. The number of morpholine rings is 1. The minimum atomic E-state index is -1.15. The van der Waals surface area contributed by atoms with Crippen LogP contribution >= 0.6 is 0 Å². The summed E-state index contributed by atoms with van der Waals surface area (Å²) in [6, 6.07) is 2.96. The van der Waals surface area contributed by atoms with Crippen molar-refractivity contribution >= 4 is 5.97 Å². The summed E-state index contributed by atoms with van der Waals surface area (Å²) in [6.45, 7) is 4.35. The molecule has 1 aromatic carbocycles. The Balaban J connectivity index is 1.70. The highest BCUT2D eigenvalue weighted by Gasteiger charge is 2.35. The Morgan fingerprint density at radius 3 is 2.46 bits per heavy atom. The van der Waals surface area contributed by atoms with E-state index in [0.717, 1.165) is 45.2 Å². The summed E-state index contributed by atoms with van der Waals surface area (Å²) in [6.07, 6.45) is 1.64. The summed E-state index contributed by atoms with van der Waals surface area (Å²) in [5, 5.41) is 9.55. The van der Waals surface area contributed by atoms with E-state index in [0.29, 0.717) is 19.1 Å². The molecule has 0 unspecified atom stereocenters. The van der Waals surface area contributed by atoms with Crippen LogP contribution in [0.15, 0.2) is 18.2 Å². The molecule has 0 radical (unpaired) electrons. The van der Waals surface area contributed by atoms with Gasteiger partial charge in [0, 0.05) is 37.8 Å². The highest BCUT2D eigenvalue weighted by atomic mass is 19.2. The third kappa shape index (κ3) is 3.58. The number of carbonyl (C=O) groups is 1. The predicted octanol–water partition coefficient (Wildman–Crippen LogP) is 1.89. The average molecular weight is 340 g/mol. The van der Waals surface area contributed by atoms with E-state index in [1.165, 1.54) is 12.1 Å². The number of aliphatic carboxylic acids is 1. The first kappa shape index (κ1) is 17.3. The number of halogens is 2. The zero-order chi connectivity index (χ0) is 17.1. The second-order valence-electron chi connectivity index (χ2n) is 6.30. The average Bonchev–Trinajstić information content (AvgIpc) is 2.60. The van der Waals surface area contributed by atoms with Crippen molar-refractivity contribution in [2.75, 3.05) is 39.4 Å². The van der Waals surface area contributed by atoms with Gasteiger partial charge < -0.3 is 9.84 Å². The van der Waals surface area contributed by atoms with Crippen molar-refractivity contribution in [3.63, 3.8) is 0 Å². The lowest BCUT2D eigenvalue weighted by molar-refractivity contribution is -0.144. The first-order valence-corrected chi connectivity index (χ1v) is 8.30. The number of benzene rings is 1. The van der Waals surface area contributed by atoms with Crippen LogP contribution in [-0.4, -0.2) is 66.3 Å². The molecule has 1 atom stereocenters. The number of likely N-dealkylation sites (tertiary alicyclic amines) is 1. The Bertz CT molecular complexity index is 585. The van der Waals surface area contributed by atoms with Crippen molar-refractivity contribution in [2.24, 2.45) is 0 Å². The number of rotatable bonds is 4. The molecule has 0 aromatic heterocycles. The topological polar surface area (TPSA) is 53.0 Å². The van der Waals surface area contributed by atoms with Crippen molar-refractivity contribution in [1.82, 2.24) is 9.80 Å². The maximum absolute atomic E-state index is 14.0. The molecule has 7 heteroatoms. The summed E-state index contributed by atoms with van der Waals surface area (Å²) in [7, 11) is 0. The van der Waals surface area contributed by atoms with Gasteiger partial charge in [-0.1, -0.05) is 12.1 Å². The number of carboxylic acids is 1. The van der Waals surface area contributed by atoms with Crippen LogP contribution in [-0.2, 0) is 9.53 Å². The third-order valence-electron chi connectivity index (χ3n) is 4.94. The van der Waals surface area contributed by atoms with Crippen LogP contribution in [0.25, 0.3) is 0 Å². The SMILES string of the molecule is O=C(O)[C@@H](c1cccc(F)c1F)N1CCC(N2CCOCC2)CC1. The van der Waals surface area contributed by atoms with Gasteiger partial charge in [0.05, 0.1) is 13.2 Å². The van der Waals surface area contributed by atoms with E-state index < -0.39 is 23.6 Å². The molecule has 132 valence electrons. The van der Waals surface area contributed by atoms with Crippen LogP contribution in [0.3, 0.4) is 0 Å². The lowest BCUT2D eigenvalue weighted by atomic mass is 9.97. The first-order valence-electron chi connectivity index (χ1n) is 8.30. The fourth-order valence-corrected chi connectivity index (χ4v) is 3.67. The van der Waals surface area contributed by atoms with Gasteiger partial charge >= 0.3 is 5.97 Å². The normalized spacial score (nSPS) is 22.4. The second-order valence-corrected chi connectivity index (χ2v) is 6.30. The van der Waals surface area contributed by atoms with Gasteiger partial charge in [0.2, 0.25) is 0 Å². The van der Waals surface area contributed by atoms with Gasteiger partial charge in [-0.2, -0.15) is 0 Å². The van der Waals surface area contributed by atoms with Crippen molar-refractivity contribution in [3.8, 4) is 0 Å². The maximum atomic E-state index is 14.0. The van der Waals surface area contributed by atoms with E-state index in [4.69, 9.17) is 4.74 Å². The minimum Gasteiger partial charge on any atom is -0.480 e. The smallest absolute Gasteiger partial charge is 0.325 e. The Hall–Kier alpha value is -1.57. The molecule has 5 nitrogen and oxygen atoms in total. The fraction of sp³-hybridized carbons (Fsp3) is 0.588. The van der Waals surface area contributed by atoms with Crippen LogP contribution < -0.4 is 0 Å². The summed E-state index contributed by atoms with van der Waals surface area (Å²) in [4.78, 5) is 15.8. The molecule has 2 aliphatic rings. The molecule has 0 saturated carbocycles. The van der Waals surface area contributed by atoms with Crippen LogP contribution in [0.2, 0.25) is 0 Å². The zero-order valence-electron chi connectivity index (χ0n) is 13.5. The molecule has 0 aliphatic carbocycles. The van der Waals surface area contributed by atoms with Gasteiger partial charge in [0.15, 0.2) is 11.6 Å². The molecule has 24 heavy (non-hydrogen) atoms. The van der Waals surface area contributed by atoms with E-state index in [2.05, 4.69) is 4.90 Å². The molecular weight excluding hydrogens is 318 g/mol. The second kappa shape index (κ2) is 7.55. The van der Waals surface area contributed by atoms with E-state index in [-0.39, 0.29) is 5.56 Å². The molecule has 1 N–H and O–H groups in total. The predicted molar refractivity (Wildman–Crippen MR) is 83.7 cm³/mol. The Labute approximate surface area is 139 Å². The molecule has 3 rings (SSSR count). The lowest BCUT2D eigenvalue weighted by Crippen LogP contribution is -2.50. The number of ether oxygens (including phenoxy) is 1. The molecule has 2 fully saturated rings. The number of piperidine rings is 1. The van der Waals surface area contributed by atoms with Gasteiger partial charge in [0.1, 0.15) is 6.04 Å². The highest BCUT2D eigenvalue weighted by molar-refractivity contribution is 5.75. The van der Waals surface area contributed by atoms with E-state index in [1.54, 1.807) is 4.90 Å². The number of nitrogens with zero attached hydrogens (tertiary/aromatic N) is 2. The molecule has 0 bridgehead atoms. The Morgan fingerprint density at radius 1 is 1.17 bits per heavy atom.